The average molecular weight is 286 g/mol. The number of ether oxygens (including phenoxy) is 1. The van der Waals surface area contributed by atoms with Crippen LogP contribution in [-0.4, -0.2) is 42.9 Å². The number of thiazole rings is 1. The normalized spacial score (nSPS) is 11.6. The van der Waals surface area contributed by atoms with Gasteiger partial charge in [0.2, 0.25) is 0 Å². The predicted molar refractivity (Wildman–Crippen MR) is 77.5 cm³/mol. The molecule has 0 aromatic carbocycles. The Morgan fingerprint density at radius 3 is 2.53 bits per heavy atom. The Balaban J connectivity index is 2.95. The van der Waals surface area contributed by atoms with Crippen molar-refractivity contribution in [2.75, 3.05) is 31.7 Å². The highest BCUT2D eigenvalue weighted by atomic mass is 32.1. The number of carbonyl (C=O) groups is 1. The first-order valence-corrected chi connectivity index (χ1v) is 7.12. The summed E-state index contributed by atoms with van der Waals surface area (Å²) in [5, 5.41) is 9.99. The Morgan fingerprint density at radius 1 is 1.47 bits per heavy atom. The molecule has 0 fully saturated rings. The molecule has 6 heteroatoms. The molecule has 0 unspecified atom stereocenters. The second-order valence-electron chi connectivity index (χ2n) is 5.35. The summed E-state index contributed by atoms with van der Waals surface area (Å²) in [5.41, 5.74) is 0.367. The maximum Gasteiger partial charge on any atom is 0.347 e. The number of anilines is 1. The van der Waals surface area contributed by atoms with Gasteiger partial charge in [0, 0.05) is 25.6 Å². The number of aromatic nitrogens is 1. The molecule has 0 saturated heterocycles. The molecule has 0 aliphatic rings. The van der Waals surface area contributed by atoms with E-state index in [0.717, 1.165) is 5.13 Å². The molecule has 0 spiro atoms. The van der Waals surface area contributed by atoms with Crippen molar-refractivity contribution in [2.45, 2.75) is 33.1 Å². The number of carboxylic acids is 1. The van der Waals surface area contributed by atoms with E-state index in [1.165, 1.54) is 11.3 Å². The van der Waals surface area contributed by atoms with E-state index >= 15 is 0 Å². The van der Waals surface area contributed by atoms with Crippen molar-refractivity contribution in [2.24, 2.45) is 0 Å². The highest BCUT2D eigenvalue weighted by Crippen LogP contribution is 2.33. The Labute approximate surface area is 118 Å². The highest BCUT2D eigenvalue weighted by molar-refractivity contribution is 7.17. The quantitative estimate of drug-likeness (QED) is 0.814. The number of aromatic carboxylic acids is 1. The van der Waals surface area contributed by atoms with Gasteiger partial charge in [-0.05, 0) is 6.92 Å². The van der Waals surface area contributed by atoms with Gasteiger partial charge in [-0.2, -0.15) is 0 Å². The fourth-order valence-electron chi connectivity index (χ4n) is 1.57. The fourth-order valence-corrected chi connectivity index (χ4v) is 2.67. The van der Waals surface area contributed by atoms with E-state index < -0.39 is 5.97 Å². The van der Waals surface area contributed by atoms with Crippen LogP contribution in [0, 0.1) is 0 Å². The van der Waals surface area contributed by atoms with E-state index in [1.807, 2.05) is 39.6 Å². The Kier molecular flexibility index (Phi) is 5.31. The molecule has 1 heterocycles. The monoisotopic (exact) mass is 286 g/mol. The largest absolute Gasteiger partial charge is 0.477 e. The van der Waals surface area contributed by atoms with Crippen LogP contribution in [0.4, 0.5) is 5.13 Å². The summed E-state index contributed by atoms with van der Waals surface area (Å²) >= 11 is 1.22. The first kappa shape index (κ1) is 15.9. The predicted octanol–water partition coefficient (Wildman–Crippen LogP) is 2.61. The third-order valence-corrected chi connectivity index (χ3v) is 3.78. The SMILES string of the molecule is CCOCCN(C)c1nc(C(C)(C)C)c(C(=O)O)s1. The van der Waals surface area contributed by atoms with Crippen molar-refractivity contribution < 1.29 is 14.6 Å². The minimum absolute atomic E-state index is 0.275. The van der Waals surface area contributed by atoms with Gasteiger partial charge in [-0.1, -0.05) is 32.1 Å². The van der Waals surface area contributed by atoms with Crippen LogP contribution in [0.1, 0.15) is 43.1 Å². The second-order valence-corrected chi connectivity index (χ2v) is 6.33. The maximum absolute atomic E-state index is 11.3. The van der Waals surface area contributed by atoms with Crippen LogP contribution in [0.25, 0.3) is 0 Å². The third-order valence-electron chi connectivity index (χ3n) is 2.62. The van der Waals surface area contributed by atoms with Gasteiger partial charge in [0.15, 0.2) is 5.13 Å². The molecule has 0 atom stereocenters. The lowest BCUT2D eigenvalue weighted by molar-refractivity contribution is 0.0699. The van der Waals surface area contributed by atoms with Crippen molar-refractivity contribution >= 4 is 22.4 Å². The molecule has 108 valence electrons. The number of rotatable bonds is 6. The van der Waals surface area contributed by atoms with Crippen LogP contribution in [0.15, 0.2) is 0 Å². The summed E-state index contributed by atoms with van der Waals surface area (Å²) < 4.78 is 5.30. The van der Waals surface area contributed by atoms with Crippen LogP contribution in [0.2, 0.25) is 0 Å². The molecule has 0 radical (unpaired) electrons. The van der Waals surface area contributed by atoms with Crippen molar-refractivity contribution in [3.05, 3.63) is 10.6 Å². The molecule has 0 saturated carbocycles. The zero-order chi connectivity index (χ0) is 14.6. The summed E-state index contributed by atoms with van der Waals surface area (Å²) in [4.78, 5) is 18.0. The van der Waals surface area contributed by atoms with E-state index in [2.05, 4.69) is 4.98 Å². The molecule has 1 rings (SSSR count). The standard InChI is InChI=1S/C13H22N2O3S/c1-6-18-8-7-15(5)12-14-10(13(2,3)4)9(19-12)11(16)17/h6-8H2,1-5H3,(H,16,17). The van der Waals surface area contributed by atoms with Gasteiger partial charge < -0.3 is 14.7 Å². The summed E-state index contributed by atoms with van der Waals surface area (Å²) in [7, 11) is 1.90. The molecule has 1 aromatic rings. The molecular formula is C13H22N2O3S. The zero-order valence-electron chi connectivity index (χ0n) is 12.2. The van der Waals surface area contributed by atoms with Gasteiger partial charge >= 0.3 is 5.97 Å². The minimum atomic E-state index is -0.910. The molecule has 5 nitrogen and oxygen atoms in total. The van der Waals surface area contributed by atoms with E-state index in [4.69, 9.17) is 4.74 Å². The molecular weight excluding hydrogens is 264 g/mol. The van der Waals surface area contributed by atoms with E-state index in [-0.39, 0.29) is 5.41 Å². The molecule has 19 heavy (non-hydrogen) atoms. The molecule has 1 N–H and O–H groups in total. The maximum atomic E-state index is 11.3. The van der Waals surface area contributed by atoms with Gasteiger partial charge in [0.05, 0.1) is 12.3 Å². The lowest BCUT2D eigenvalue weighted by Gasteiger charge is -2.17. The summed E-state index contributed by atoms with van der Waals surface area (Å²) in [6, 6.07) is 0. The zero-order valence-corrected chi connectivity index (χ0v) is 13.0. The van der Waals surface area contributed by atoms with Gasteiger partial charge in [0.1, 0.15) is 4.88 Å². The Hall–Kier alpha value is -1.14. The number of nitrogens with zero attached hydrogens (tertiary/aromatic N) is 2. The lowest BCUT2D eigenvalue weighted by Crippen LogP contribution is -2.23. The van der Waals surface area contributed by atoms with Crippen molar-refractivity contribution in [3.8, 4) is 0 Å². The summed E-state index contributed by atoms with van der Waals surface area (Å²) in [6.07, 6.45) is 0. The summed E-state index contributed by atoms with van der Waals surface area (Å²) in [5.74, 6) is -0.910. The van der Waals surface area contributed by atoms with E-state index in [0.29, 0.717) is 30.3 Å². The highest BCUT2D eigenvalue weighted by Gasteiger charge is 2.27. The lowest BCUT2D eigenvalue weighted by atomic mass is 9.91. The Bertz CT molecular complexity index is 438. The summed E-state index contributed by atoms with van der Waals surface area (Å²) in [6.45, 7) is 9.85. The molecule has 1 aromatic heterocycles. The van der Waals surface area contributed by atoms with Crippen LogP contribution >= 0.6 is 11.3 Å². The number of hydrogen-bond acceptors (Lipinski definition) is 5. The van der Waals surface area contributed by atoms with Crippen molar-refractivity contribution in [3.63, 3.8) is 0 Å². The topological polar surface area (TPSA) is 62.7 Å². The fraction of sp³-hybridized carbons (Fsp3) is 0.692. The molecule has 0 amide bonds. The van der Waals surface area contributed by atoms with Crippen LogP contribution < -0.4 is 4.90 Å². The van der Waals surface area contributed by atoms with E-state index in [1.54, 1.807) is 0 Å². The number of carboxylic acid groups (broad SMARTS) is 1. The third kappa shape index (κ3) is 4.18. The Morgan fingerprint density at radius 2 is 2.11 bits per heavy atom. The van der Waals surface area contributed by atoms with Gasteiger partial charge in [-0.25, -0.2) is 9.78 Å². The van der Waals surface area contributed by atoms with Gasteiger partial charge in [-0.15, -0.1) is 0 Å². The van der Waals surface area contributed by atoms with Crippen LogP contribution in [0.5, 0.6) is 0 Å². The first-order valence-electron chi connectivity index (χ1n) is 6.30. The van der Waals surface area contributed by atoms with Gasteiger partial charge in [-0.3, -0.25) is 0 Å². The van der Waals surface area contributed by atoms with Crippen LogP contribution in [0.3, 0.4) is 0 Å². The van der Waals surface area contributed by atoms with Crippen molar-refractivity contribution in [1.82, 2.24) is 4.98 Å². The van der Waals surface area contributed by atoms with Gasteiger partial charge in [0.25, 0.3) is 0 Å². The van der Waals surface area contributed by atoms with E-state index in [9.17, 15) is 9.90 Å². The second kappa shape index (κ2) is 6.34. The number of likely N-dealkylation sites (N-methyl/N-ethyl adjacent to an activating group) is 1. The minimum Gasteiger partial charge on any atom is -0.477 e. The van der Waals surface area contributed by atoms with Crippen LogP contribution in [-0.2, 0) is 10.2 Å². The van der Waals surface area contributed by atoms with Crippen molar-refractivity contribution in [1.29, 1.82) is 0 Å². The smallest absolute Gasteiger partial charge is 0.347 e. The first-order chi connectivity index (χ1) is 8.77. The molecule has 0 bridgehead atoms. The number of hydrogen-bond donors (Lipinski definition) is 1. The average Bonchev–Trinajstić information content (AvgIpc) is 2.73. The molecule has 0 aliphatic heterocycles. The molecule has 0 aliphatic carbocycles.